The summed E-state index contributed by atoms with van der Waals surface area (Å²) in [5, 5.41) is 3.60. The van der Waals surface area contributed by atoms with Crippen LogP contribution in [0.2, 0.25) is 0 Å². The van der Waals surface area contributed by atoms with E-state index < -0.39 is 10.0 Å². The summed E-state index contributed by atoms with van der Waals surface area (Å²) in [6.07, 6.45) is 4.53. The highest BCUT2D eigenvalue weighted by Crippen LogP contribution is 2.29. The zero-order chi connectivity index (χ0) is 16.6. The molecule has 0 bridgehead atoms. The van der Waals surface area contributed by atoms with Crippen LogP contribution in [0.15, 0.2) is 17.0 Å². The summed E-state index contributed by atoms with van der Waals surface area (Å²) in [6, 6.07) is 4.40. The molecular weight excluding hydrogens is 308 g/mol. The molecular formula is C18H28N2O2S. The summed E-state index contributed by atoms with van der Waals surface area (Å²) in [5.74, 6) is 0.870. The largest absolute Gasteiger partial charge is 0.314 e. The second kappa shape index (κ2) is 6.54. The molecule has 5 heteroatoms. The van der Waals surface area contributed by atoms with Crippen LogP contribution in [-0.2, 0) is 10.0 Å². The van der Waals surface area contributed by atoms with Gasteiger partial charge in [-0.3, -0.25) is 0 Å². The van der Waals surface area contributed by atoms with Crippen LogP contribution in [0.1, 0.15) is 42.4 Å². The van der Waals surface area contributed by atoms with Crippen LogP contribution in [0.4, 0.5) is 0 Å². The molecule has 1 saturated carbocycles. The van der Waals surface area contributed by atoms with Gasteiger partial charge in [0.1, 0.15) is 0 Å². The fourth-order valence-electron chi connectivity index (χ4n) is 3.66. The lowest BCUT2D eigenvalue weighted by Crippen LogP contribution is -2.45. The third-order valence-electron chi connectivity index (χ3n) is 5.05. The Morgan fingerprint density at radius 1 is 1.04 bits per heavy atom. The molecule has 0 atom stereocenters. The molecule has 1 aliphatic heterocycles. The van der Waals surface area contributed by atoms with Crippen LogP contribution in [0.25, 0.3) is 0 Å². The number of benzene rings is 1. The van der Waals surface area contributed by atoms with E-state index in [2.05, 4.69) is 5.32 Å². The minimum absolute atomic E-state index is 0.474. The number of nitrogens with one attached hydrogen (secondary N) is 1. The molecule has 2 fully saturated rings. The van der Waals surface area contributed by atoms with E-state index in [1.165, 1.54) is 12.8 Å². The Kier molecular flexibility index (Phi) is 4.81. The number of rotatable bonds is 5. The smallest absolute Gasteiger partial charge is 0.243 e. The second-order valence-corrected chi connectivity index (χ2v) is 9.13. The Labute approximate surface area is 140 Å². The Morgan fingerprint density at radius 3 is 2.13 bits per heavy atom. The van der Waals surface area contributed by atoms with Crippen molar-refractivity contribution in [3.63, 3.8) is 0 Å². The molecule has 1 heterocycles. The summed E-state index contributed by atoms with van der Waals surface area (Å²) >= 11 is 0. The molecule has 23 heavy (non-hydrogen) atoms. The van der Waals surface area contributed by atoms with E-state index in [1.54, 1.807) is 4.31 Å². The number of piperidine rings is 1. The Bertz CT molecular complexity index is 649. The average Bonchev–Trinajstić information content (AvgIpc) is 3.28. The summed E-state index contributed by atoms with van der Waals surface area (Å²) in [7, 11) is -3.38. The first kappa shape index (κ1) is 16.9. The van der Waals surface area contributed by atoms with Crippen LogP contribution in [-0.4, -0.2) is 38.4 Å². The highest BCUT2D eigenvalue weighted by molar-refractivity contribution is 7.89. The highest BCUT2D eigenvalue weighted by Gasteiger charge is 2.32. The van der Waals surface area contributed by atoms with Gasteiger partial charge < -0.3 is 5.32 Å². The number of aryl methyl sites for hydroxylation is 3. The number of nitrogens with zero attached hydrogens (tertiary/aromatic N) is 1. The quantitative estimate of drug-likeness (QED) is 0.899. The van der Waals surface area contributed by atoms with Gasteiger partial charge >= 0.3 is 0 Å². The van der Waals surface area contributed by atoms with E-state index in [0.717, 1.165) is 42.0 Å². The van der Waals surface area contributed by atoms with Crippen molar-refractivity contribution in [2.24, 2.45) is 5.92 Å². The zero-order valence-corrected chi connectivity index (χ0v) is 15.2. The van der Waals surface area contributed by atoms with E-state index in [9.17, 15) is 8.42 Å². The Morgan fingerprint density at radius 2 is 1.61 bits per heavy atom. The maximum Gasteiger partial charge on any atom is 0.243 e. The SMILES string of the molecule is Cc1cc(C)c(S(=O)(=O)N2CCC(NCC3CC3)CC2)c(C)c1. The van der Waals surface area contributed by atoms with Crippen molar-refractivity contribution in [3.05, 3.63) is 28.8 Å². The predicted octanol–water partition coefficient (Wildman–Crippen LogP) is 2.76. The molecule has 1 aliphatic carbocycles. The lowest BCUT2D eigenvalue weighted by Gasteiger charge is -2.32. The van der Waals surface area contributed by atoms with Crippen molar-refractivity contribution in [1.82, 2.24) is 9.62 Å². The molecule has 1 N–H and O–H groups in total. The van der Waals surface area contributed by atoms with Crippen molar-refractivity contribution < 1.29 is 8.42 Å². The molecule has 1 aromatic rings. The molecule has 3 rings (SSSR count). The average molecular weight is 337 g/mol. The molecule has 0 radical (unpaired) electrons. The lowest BCUT2D eigenvalue weighted by molar-refractivity contribution is 0.288. The monoisotopic (exact) mass is 336 g/mol. The summed E-state index contributed by atoms with van der Waals surface area (Å²) < 4.78 is 27.7. The third kappa shape index (κ3) is 3.78. The maximum absolute atomic E-state index is 13.0. The summed E-state index contributed by atoms with van der Waals surface area (Å²) in [6.45, 7) is 8.16. The third-order valence-corrected chi connectivity index (χ3v) is 7.25. The van der Waals surface area contributed by atoms with Crippen molar-refractivity contribution in [2.75, 3.05) is 19.6 Å². The number of sulfonamides is 1. The minimum Gasteiger partial charge on any atom is -0.314 e. The van der Waals surface area contributed by atoms with Gasteiger partial charge in [0.2, 0.25) is 10.0 Å². The summed E-state index contributed by atoms with van der Waals surface area (Å²) in [5.41, 5.74) is 2.83. The van der Waals surface area contributed by atoms with Gasteiger partial charge in [-0.05, 0) is 70.0 Å². The molecule has 2 aliphatic rings. The van der Waals surface area contributed by atoms with Gasteiger partial charge in [-0.1, -0.05) is 17.7 Å². The molecule has 4 nitrogen and oxygen atoms in total. The fourth-order valence-corrected chi connectivity index (χ4v) is 5.54. The predicted molar refractivity (Wildman–Crippen MR) is 93.2 cm³/mol. The number of hydrogen-bond donors (Lipinski definition) is 1. The topological polar surface area (TPSA) is 49.4 Å². The van der Waals surface area contributed by atoms with Crippen LogP contribution >= 0.6 is 0 Å². The van der Waals surface area contributed by atoms with Gasteiger partial charge in [-0.25, -0.2) is 8.42 Å². The summed E-state index contributed by atoms with van der Waals surface area (Å²) in [4.78, 5) is 0.507. The lowest BCUT2D eigenvalue weighted by atomic mass is 10.1. The first-order valence-corrected chi connectivity index (χ1v) is 10.1. The van der Waals surface area contributed by atoms with E-state index in [4.69, 9.17) is 0 Å². The molecule has 128 valence electrons. The first-order chi connectivity index (χ1) is 10.9. The van der Waals surface area contributed by atoms with Crippen LogP contribution in [0, 0.1) is 26.7 Å². The van der Waals surface area contributed by atoms with E-state index in [-0.39, 0.29) is 0 Å². The van der Waals surface area contributed by atoms with E-state index >= 15 is 0 Å². The van der Waals surface area contributed by atoms with Gasteiger partial charge in [0.25, 0.3) is 0 Å². The normalized spacial score (nSPS) is 20.8. The standard InChI is InChI=1S/C18H28N2O2S/c1-13-10-14(2)18(15(3)11-13)23(21,22)20-8-6-17(7-9-20)19-12-16-4-5-16/h10-11,16-17,19H,4-9,12H2,1-3H3. The molecule has 0 aromatic heterocycles. The molecule has 0 amide bonds. The van der Waals surface area contributed by atoms with Crippen molar-refractivity contribution in [2.45, 2.75) is 57.4 Å². The highest BCUT2D eigenvalue weighted by atomic mass is 32.2. The van der Waals surface area contributed by atoms with Gasteiger partial charge in [0.15, 0.2) is 0 Å². The van der Waals surface area contributed by atoms with Crippen LogP contribution < -0.4 is 5.32 Å². The maximum atomic E-state index is 13.0. The van der Waals surface area contributed by atoms with Crippen molar-refractivity contribution in [3.8, 4) is 0 Å². The van der Waals surface area contributed by atoms with Gasteiger partial charge in [0.05, 0.1) is 4.90 Å². The zero-order valence-electron chi connectivity index (χ0n) is 14.4. The Hall–Kier alpha value is -0.910. The van der Waals surface area contributed by atoms with Crippen LogP contribution in [0.3, 0.4) is 0 Å². The van der Waals surface area contributed by atoms with Crippen LogP contribution in [0.5, 0.6) is 0 Å². The molecule has 0 unspecified atom stereocenters. The molecule has 1 aromatic carbocycles. The minimum atomic E-state index is -3.38. The van der Waals surface area contributed by atoms with E-state index in [1.807, 2.05) is 32.9 Å². The number of hydrogen-bond acceptors (Lipinski definition) is 3. The molecule has 1 saturated heterocycles. The molecule has 0 spiro atoms. The van der Waals surface area contributed by atoms with Gasteiger partial charge in [0, 0.05) is 19.1 Å². The van der Waals surface area contributed by atoms with E-state index in [0.29, 0.717) is 24.0 Å². The van der Waals surface area contributed by atoms with Gasteiger partial charge in [-0.15, -0.1) is 0 Å². The Balaban J connectivity index is 1.69. The van der Waals surface area contributed by atoms with Gasteiger partial charge in [-0.2, -0.15) is 4.31 Å². The van der Waals surface area contributed by atoms with Crippen molar-refractivity contribution in [1.29, 1.82) is 0 Å². The van der Waals surface area contributed by atoms with Crippen molar-refractivity contribution >= 4 is 10.0 Å². The fraction of sp³-hybridized carbons (Fsp3) is 0.667. The first-order valence-electron chi connectivity index (χ1n) is 8.69. The second-order valence-electron chi connectivity index (χ2n) is 7.26.